The van der Waals surface area contributed by atoms with Crippen LogP contribution in [0.3, 0.4) is 0 Å². The topological polar surface area (TPSA) is 71.3 Å². The zero-order chi connectivity index (χ0) is 18.4. The Kier molecular flexibility index (Phi) is 5.96. The highest BCUT2D eigenvalue weighted by Crippen LogP contribution is 2.32. The van der Waals surface area contributed by atoms with E-state index in [0.29, 0.717) is 16.9 Å². The smallest absolute Gasteiger partial charge is 0.251 e. The summed E-state index contributed by atoms with van der Waals surface area (Å²) in [6.07, 6.45) is 0.223. The fourth-order valence-corrected chi connectivity index (χ4v) is 2.47. The van der Waals surface area contributed by atoms with Gasteiger partial charge in [0.2, 0.25) is 0 Å². The van der Waals surface area contributed by atoms with Crippen molar-refractivity contribution < 1.29 is 18.7 Å². The summed E-state index contributed by atoms with van der Waals surface area (Å²) in [7, 11) is 2.89. The van der Waals surface area contributed by atoms with Gasteiger partial charge >= 0.3 is 0 Å². The third-order valence-electron chi connectivity index (χ3n) is 3.79. The molecule has 130 valence electrons. The summed E-state index contributed by atoms with van der Waals surface area (Å²) in [5.41, 5.74) is 1.46. The summed E-state index contributed by atoms with van der Waals surface area (Å²) >= 11 is 0. The number of benzene rings is 2. The van der Waals surface area contributed by atoms with E-state index in [1.165, 1.54) is 26.4 Å². The molecule has 2 aromatic carbocycles. The van der Waals surface area contributed by atoms with E-state index in [-0.39, 0.29) is 18.1 Å². The van der Waals surface area contributed by atoms with Crippen LogP contribution in [0.4, 0.5) is 4.39 Å². The van der Waals surface area contributed by atoms with Gasteiger partial charge in [-0.3, -0.25) is 4.79 Å². The molecule has 2 rings (SSSR count). The van der Waals surface area contributed by atoms with Gasteiger partial charge in [0.15, 0.2) is 11.5 Å². The number of halogens is 1. The molecular weight excluding hydrogens is 323 g/mol. The molecule has 1 amide bonds. The minimum Gasteiger partial charge on any atom is -0.493 e. The Hall–Kier alpha value is -3.07. The van der Waals surface area contributed by atoms with Gasteiger partial charge in [-0.1, -0.05) is 12.1 Å². The maximum atomic E-state index is 14.3. The number of carbonyl (C=O) groups is 1. The monoisotopic (exact) mass is 342 g/mol. The summed E-state index contributed by atoms with van der Waals surface area (Å²) in [6, 6.07) is 11.0. The second kappa shape index (κ2) is 8.15. The van der Waals surface area contributed by atoms with E-state index < -0.39 is 11.9 Å². The first kappa shape index (κ1) is 18.3. The van der Waals surface area contributed by atoms with Gasteiger partial charge in [-0.05, 0) is 30.7 Å². The summed E-state index contributed by atoms with van der Waals surface area (Å²) < 4.78 is 24.5. The normalized spacial score (nSPS) is 11.3. The molecule has 0 aliphatic carbocycles. The zero-order valence-electron chi connectivity index (χ0n) is 14.3. The summed E-state index contributed by atoms with van der Waals surface area (Å²) in [6.45, 7) is 1.68. The lowest BCUT2D eigenvalue weighted by Gasteiger charge is -2.17. The lowest BCUT2D eigenvalue weighted by atomic mass is 10.0. The van der Waals surface area contributed by atoms with Crippen LogP contribution >= 0.6 is 0 Å². The molecule has 0 saturated heterocycles. The molecule has 25 heavy (non-hydrogen) atoms. The second-order valence-electron chi connectivity index (χ2n) is 5.46. The molecule has 0 fully saturated rings. The van der Waals surface area contributed by atoms with Crippen LogP contribution in [0, 0.1) is 17.1 Å². The van der Waals surface area contributed by atoms with E-state index in [1.807, 2.05) is 6.07 Å². The van der Waals surface area contributed by atoms with E-state index in [2.05, 4.69) is 5.32 Å². The predicted molar refractivity (Wildman–Crippen MR) is 91.1 cm³/mol. The SMILES string of the molecule is COc1cc(F)c(C(C)NC(=O)c2cccc(CC#N)c2)cc1OC. The first-order valence-corrected chi connectivity index (χ1v) is 7.68. The van der Waals surface area contributed by atoms with Crippen molar-refractivity contribution in [3.63, 3.8) is 0 Å². The van der Waals surface area contributed by atoms with Gasteiger partial charge < -0.3 is 14.8 Å². The van der Waals surface area contributed by atoms with Crippen molar-refractivity contribution in [2.45, 2.75) is 19.4 Å². The van der Waals surface area contributed by atoms with Crippen molar-refractivity contribution in [3.8, 4) is 17.6 Å². The predicted octanol–water partition coefficient (Wildman–Crippen LogP) is 3.40. The number of methoxy groups -OCH3 is 2. The van der Waals surface area contributed by atoms with Gasteiger partial charge in [-0.15, -0.1) is 0 Å². The first-order chi connectivity index (χ1) is 12.0. The molecule has 0 spiro atoms. The van der Waals surface area contributed by atoms with E-state index in [9.17, 15) is 9.18 Å². The highest BCUT2D eigenvalue weighted by atomic mass is 19.1. The van der Waals surface area contributed by atoms with Crippen molar-refractivity contribution in [1.82, 2.24) is 5.32 Å². The molecule has 1 N–H and O–H groups in total. The molecule has 2 aromatic rings. The van der Waals surface area contributed by atoms with Crippen LogP contribution in [0.5, 0.6) is 11.5 Å². The fourth-order valence-electron chi connectivity index (χ4n) is 2.47. The Morgan fingerprint density at radius 1 is 1.24 bits per heavy atom. The van der Waals surface area contributed by atoms with Crippen LogP contribution in [-0.2, 0) is 6.42 Å². The Bertz CT molecular complexity index is 815. The van der Waals surface area contributed by atoms with Crippen molar-refractivity contribution in [2.75, 3.05) is 14.2 Å². The number of amides is 1. The molecule has 5 nitrogen and oxygen atoms in total. The summed E-state index contributed by atoms with van der Waals surface area (Å²) in [5, 5.41) is 11.5. The molecule has 0 aromatic heterocycles. The first-order valence-electron chi connectivity index (χ1n) is 7.68. The van der Waals surface area contributed by atoms with E-state index >= 15 is 0 Å². The Morgan fingerprint density at radius 3 is 2.56 bits per heavy atom. The third kappa shape index (κ3) is 4.27. The van der Waals surface area contributed by atoms with Crippen molar-refractivity contribution >= 4 is 5.91 Å². The number of nitrogens with zero attached hydrogens (tertiary/aromatic N) is 1. The van der Waals surface area contributed by atoms with Gasteiger partial charge in [0.25, 0.3) is 5.91 Å². The molecule has 0 bridgehead atoms. The van der Waals surface area contributed by atoms with Crippen molar-refractivity contribution in [2.24, 2.45) is 0 Å². The van der Waals surface area contributed by atoms with Gasteiger partial charge in [-0.2, -0.15) is 5.26 Å². The maximum absolute atomic E-state index is 14.3. The van der Waals surface area contributed by atoms with Gasteiger partial charge in [0.1, 0.15) is 5.82 Å². The van der Waals surface area contributed by atoms with E-state index in [0.717, 1.165) is 5.56 Å². The number of carbonyl (C=O) groups excluding carboxylic acids is 1. The molecular formula is C19H19FN2O3. The standard InChI is InChI=1S/C19H19FN2O3/c1-12(15-10-17(24-2)18(25-3)11-16(15)20)22-19(23)14-6-4-5-13(9-14)7-8-21/h4-6,9-12H,7H2,1-3H3,(H,22,23). The Labute approximate surface area is 146 Å². The number of ether oxygens (including phenoxy) is 2. The number of nitriles is 1. The van der Waals surface area contributed by atoms with Crippen molar-refractivity contribution in [3.05, 3.63) is 58.9 Å². The van der Waals surface area contributed by atoms with Crippen LogP contribution in [0.15, 0.2) is 36.4 Å². The van der Waals surface area contributed by atoms with E-state index in [4.69, 9.17) is 14.7 Å². The summed E-state index contributed by atoms with van der Waals surface area (Å²) in [4.78, 5) is 12.4. The highest BCUT2D eigenvalue weighted by molar-refractivity contribution is 5.94. The molecule has 1 atom stereocenters. The molecule has 0 saturated carbocycles. The van der Waals surface area contributed by atoms with Gasteiger partial charge in [-0.25, -0.2) is 4.39 Å². The quantitative estimate of drug-likeness (QED) is 0.873. The molecule has 0 heterocycles. The third-order valence-corrected chi connectivity index (χ3v) is 3.79. The fraction of sp³-hybridized carbons (Fsp3) is 0.263. The molecule has 1 unspecified atom stereocenters. The minimum atomic E-state index is -0.577. The molecule has 0 aliphatic rings. The average molecular weight is 342 g/mol. The molecule has 0 radical (unpaired) electrons. The largest absolute Gasteiger partial charge is 0.493 e. The lowest BCUT2D eigenvalue weighted by Crippen LogP contribution is -2.27. The highest BCUT2D eigenvalue weighted by Gasteiger charge is 2.18. The Balaban J connectivity index is 2.22. The molecule has 0 aliphatic heterocycles. The van der Waals surface area contributed by atoms with Crippen LogP contribution in [0.2, 0.25) is 0 Å². The van der Waals surface area contributed by atoms with Crippen LogP contribution in [0.25, 0.3) is 0 Å². The number of hydrogen-bond donors (Lipinski definition) is 1. The minimum absolute atomic E-state index is 0.223. The van der Waals surface area contributed by atoms with Crippen LogP contribution in [-0.4, -0.2) is 20.1 Å². The lowest BCUT2D eigenvalue weighted by molar-refractivity contribution is 0.0939. The van der Waals surface area contributed by atoms with Crippen LogP contribution in [0.1, 0.15) is 34.5 Å². The Morgan fingerprint density at radius 2 is 1.92 bits per heavy atom. The number of nitrogens with one attached hydrogen (secondary N) is 1. The maximum Gasteiger partial charge on any atom is 0.251 e. The number of rotatable bonds is 6. The van der Waals surface area contributed by atoms with Crippen molar-refractivity contribution in [1.29, 1.82) is 5.26 Å². The summed E-state index contributed by atoms with van der Waals surface area (Å²) in [5.74, 6) is -0.173. The van der Waals surface area contributed by atoms with Gasteiger partial charge in [0, 0.05) is 17.2 Å². The van der Waals surface area contributed by atoms with E-state index in [1.54, 1.807) is 31.2 Å². The average Bonchev–Trinajstić information content (AvgIpc) is 2.61. The number of hydrogen-bond acceptors (Lipinski definition) is 4. The zero-order valence-corrected chi connectivity index (χ0v) is 14.3. The molecule has 6 heteroatoms. The van der Waals surface area contributed by atoms with Crippen LogP contribution < -0.4 is 14.8 Å². The van der Waals surface area contributed by atoms with Gasteiger partial charge in [0.05, 0.1) is 32.8 Å². The second-order valence-corrected chi connectivity index (χ2v) is 5.46.